The third-order valence-corrected chi connectivity index (χ3v) is 4.48. The number of benzene rings is 1. The van der Waals surface area contributed by atoms with Crippen LogP contribution in [0.15, 0.2) is 52.7 Å². The van der Waals surface area contributed by atoms with Crippen LogP contribution in [0.3, 0.4) is 0 Å². The Labute approximate surface area is 157 Å². The zero-order valence-corrected chi connectivity index (χ0v) is 15.5. The highest BCUT2D eigenvalue weighted by Gasteiger charge is 2.47. The Morgan fingerprint density at radius 1 is 1.26 bits per heavy atom. The second kappa shape index (κ2) is 7.67. The van der Waals surface area contributed by atoms with Gasteiger partial charge in [0.15, 0.2) is 0 Å². The van der Waals surface area contributed by atoms with Crippen molar-refractivity contribution in [3.63, 3.8) is 0 Å². The number of likely N-dealkylation sites (N-methyl/N-ethyl adjacent to an activating group) is 1. The van der Waals surface area contributed by atoms with Crippen molar-refractivity contribution in [2.75, 3.05) is 34.3 Å². The monoisotopic (exact) mass is 370 g/mol. The van der Waals surface area contributed by atoms with Gasteiger partial charge in [0.1, 0.15) is 23.3 Å². The number of nitrogens with zero attached hydrogens (tertiary/aromatic N) is 2. The van der Waals surface area contributed by atoms with Crippen molar-refractivity contribution in [3.05, 3.63) is 59.6 Å². The van der Waals surface area contributed by atoms with Gasteiger partial charge >= 0.3 is 0 Å². The van der Waals surface area contributed by atoms with Crippen molar-refractivity contribution in [3.8, 4) is 5.75 Å². The summed E-state index contributed by atoms with van der Waals surface area (Å²) in [6.07, 6.45) is 1.48. The summed E-state index contributed by atoms with van der Waals surface area (Å²) in [7, 11) is 5.28. The molecule has 1 unspecified atom stereocenters. The molecule has 1 atom stereocenters. The molecule has 0 bridgehead atoms. The zero-order chi connectivity index (χ0) is 19.6. The first-order chi connectivity index (χ1) is 12.9. The molecule has 1 amide bonds. The van der Waals surface area contributed by atoms with E-state index in [0.717, 1.165) is 0 Å². The third kappa shape index (κ3) is 3.59. The Morgan fingerprint density at radius 3 is 2.67 bits per heavy atom. The van der Waals surface area contributed by atoms with E-state index >= 15 is 0 Å². The lowest BCUT2D eigenvalue weighted by atomic mass is 9.99. The third-order valence-electron chi connectivity index (χ3n) is 4.48. The van der Waals surface area contributed by atoms with Gasteiger partial charge in [-0.25, -0.2) is 0 Å². The van der Waals surface area contributed by atoms with Crippen molar-refractivity contribution in [2.45, 2.75) is 6.04 Å². The standard InChI is InChI=1S/C20H22N2O5/c1-21(2)9-10-22-17(15-8-5-11-27-15)16(19(24)20(22)25)18(23)13-6-4-7-14(12-13)26-3/h4-8,11-12,17,23H,9-10H2,1-3H3/b18-16-. The Hall–Kier alpha value is -3.06. The fourth-order valence-electron chi connectivity index (χ4n) is 3.09. The van der Waals surface area contributed by atoms with Gasteiger partial charge in [-0.1, -0.05) is 12.1 Å². The van der Waals surface area contributed by atoms with E-state index in [0.29, 0.717) is 30.2 Å². The zero-order valence-electron chi connectivity index (χ0n) is 15.5. The number of aliphatic hydroxyl groups is 1. The Balaban J connectivity index is 2.10. The highest BCUT2D eigenvalue weighted by Crippen LogP contribution is 2.39. The lowest BCUT2D eigenvalue weighted by Gasteiger charge is -2.24. The molecule has 1 aliphatic heterocycles. The summed E-state index contributed by atoms with van der Waals surface area (Å²) in [5.74, 6) is -0.660. The fourth-order valence-corrected chi connectivity index (χ4v) is 3.09. The molecule has 1 aromatic heterocycles. The number of methoxy groups -OCH3 is 1. The van der Waals surface area contributed by atoms with Gasteiger partial charge in [0.05, 0.1) is 18.9 Å². The number of ether oxygens (including phenoxy) is 1. The van der Waals surface area contributed by atoms with Crippen LogP contribution < -0.4 is 4.74 Å². The maximum absolute atomic E-state index is 12.7. The van der Waals surface area contributed by atoms with E-state index in [4.69, 9.17) is 9.15 Å². The molecule has 0 saturated carbocycles. The molecule has 1 saturated heterocycles. The number of aliphatic hydroxyl groups excluding tert-OH is 1. The quantitative estimate of drug-likeness (QED) is 0.477. The normalized spacial score (nSPS) is 19.1. The maximum atomic E-state index is 12.7. The molecule has 27 heavy (non-hydrogen) atoms. The van der Waals surface area contributed by atoms with Crippen LogP contribution in [-0.2, 0) is 9.59 Å². The number of carbonyl (C=O) groups is 2. The number of rotatable bonds is 6. The number of Topliss-reactive ketones (excluding diaryl/α,β-unsaturated/α-hetero) is 1. The molecule has 0 radical (unpaired) electrons. The lowest BCUT2D eigenvalue weighted by Crippen LogP contribution is -2.35. The first-order valence-electron chi connectivity index (χ1n) is 8.55. The van der Waals surface area contributed by atoms with Gasteiger partial charge in [0.2, 0.25) is 0 Å². The molecular weight excluding hydrogens is 348 g/mol. The molecule has 1 fully saturated rings. The predicted molar refractivity (Wildman–Crippen MR) is 99.3 cm³/mol. The average Bonchev–Trinajstić information content (AvgIpc) is 3.27. The van der Waals surface area contributed by atoms with Crippen molar-refractivity contribution < 1.29 is 23.8 Å². The van der Waals surface area contributed by atoms with Crippen LogP contribution in [0.25, 0.3) is 5.76 Å². The molecule has 3 rings (SSSR count). The fraction of sp³-hybridized carbons (Fsp3) is 0.300. The molecule has 7 nitrogen and oxygen atoms in total. The van der Waals surface area contributed by atoms with Crippen molar-refractivity contribution in [2.24, 2.45) is 0 Å². The smallest absolute Gasteiger partial charge is 0.295 e. The molecule has 0 spiro atoms. The van der Waals surface area contributed by atoms with Crippen LogP contribution >= 0.6 is 0 Å². The number of likely N-dealkylation sites (tertiary alicyclic amines) is 1. The van der Waals surface area contributed by atoms with E-state index in [1.807, 2.05) is 19.0 Å². The average molecular weight is 370 g/mol. The number of hydrogen-bond donors (Lipinski definition) is 1. The second-order valence-electron chi connectivity index (χ2n) is 6.54. The summed E-state index contributed by atoms with van der Waals surface area (Å²) in [5.41, 5.74) is 0.415. The van der Waals surface area contributed by atoms with E-state index in [1.54, 1.807) is 36.4 Å². The van der Waals surface area contributed by atoms with Gasteiger partial charge in [0.25, 0.3) is 11.7 Å². The van der Waals surface area contributed by atoms with Crippen LogP contribution in [0.2, 0.25) is 0 Å². The van der Waals surface area contributed by atoms with Gasteiger partial charge in [-0.2, -0.15) is 0 Å². The topological polar surface area (TPSA) is 83.2 Å². The number of carbonyl (C=O) groups excluding carboxylic acids is 2. The lowest BCUT2D eigenvalue weighted by molar-refractivity contribution is -0.140. The number of amides is 1. The summed E-state index contributed by atoms with van der Waals surface area (Å²) >= 11 is 0. The van der Waals surface area contributed by atoms with E-state index in [1.165, 1.54) is 18.3 Å². The van der Waals surface area contributed by atoms with E-state index in [2.05, 4.69) is 0 Å². The minimum atomic E-state index is -0.772. The van der Waals surface area contributed by atoms with Crippen LogP contribution in [-0.4, -0.2) is 60.9 Å². The van der Waals surface area contributed by atoms with Gasteiger partial charge in [-0.05, 0) is 38.4 Å². The number of furan rings is 1. The summed E-state index contributed by atoms with van der Waals surface area (Å²) in [6.45, 7) is 0.904. The molecule has 7 heteroatoms. The van der Waals surface area contributed by atoms with Crippen LogP contribution in [0.1, 0.15) is 17.4 Å². The van der Waals surface area contributed by atoms with E-state index in [-0.39, 0.29) is 11.3 Å². The first-order valence-corrected chi connectivity index (χ1v) is 8.55. The molecule has 2 aromatic rings. The molecule has 2 heterocycles. The molecule has 0 aliphatic carbocycles. The van der Waals surface area contributed by atoms with Crippen LogP contribution in [0, 0.1) is 0 Å². The number of hydrogen-bond acceptors (Lipinski definition) is 6. The molecule has 1 aliphatic rings. The van der Waals surface area contributed by atoms with Gasteiger partial charge < -0.3 is 24.1 Å². The Kier molecular flexibility index (Phi) is 5.32. The SMILES string of the molecule is COc1cccc(/C(O)=C2/C(=O)C(=O)N(CCN(C)C)C2c2ccco2)c1. The van der Waals surface area contributed by atoms with E-state index in [9.17, 15) is 14.7 Å². The van der Waals surface area contributed by atoms with Gasteiger partial charge in [0, 0.05) is 18.7 Å². The van der Waals surface area contributed by atoms with Crippen molar-refractivity contribution in [1.82, 2.24) is 9.80 Å². The molecular formula is C20H22N2O5. The van der Waals surface area contributed by atoms with Gasteiger partial charge in [-0.15, -0.1) is 0 Å². The maximum Gasteiger partial charge on any atom is 0.295 e. The predicted octanol–water partition coefficient (Wildman–Crippen LogP) is 2.27. The summed E-state index contributed by atoms with van der Waals surface area (Å²) in [5, 5.41) is 10.9. The molecule has 1 aromatic carbocycles. The summed E-state index contributed by atoms with van der Waals surface area (Å²) < 4.78 is 10.7. The van der Waals surface area contributed by atoms with Gasteiger partial charge in [-0.3, -0.25) is 9.59 Å². The van der Waals surface area contributed by atoms with Crippen LogP contribution in [0.5, 0.6) is 5.75 Å². The minimum Gasteiger partial charge on any atom is -0.507 e. The highest BCUT2D eigenvalue weighted by atomic mass is 16.5. The minimum absolute atomic E-state index is 0.0157. The van der Waals surface area contributed by atoms with Crippen molar-refractivity contribution in [1.29, 1.82) is 0 Å². The van der Waals surface area contributed by atoms with E-state index < -0.39 is 17.7 Å². The molecule has 1 N–H and O–H groups in total. The second-order valence-corrected chi connectivity index (χ2v) is 6.54. The largest absolute Gasteiger partial charge is 0.507 e. The summed E-state index contributed by atoms with van der Waals surface area (Å²) in [6, 6.07) is 9.32. The van der Waals surface area contributed by atoms with Crippen molar-refractivity contribution >= 4 is 17.4 Å². The Bertz CT molecular complexity index is 870. The highest BCUT2D eigenvalue weighted by molar-refractivity contribution is 6.46. The number of ketones is 1. The molecule has 142 valence electrons. The van der Waals surface area contributed by atoms with Crippen LogP contribution in [0.4, 0.5) is 0 Å². The Morgan fingerprint density at radius 2 is 2.04 bits per heavy atom. The first kappa shape index (κ1) is 18.7. The summed E-state index contributed by atoms with van der Waals surface area (Å²) in [4.78, 5) is 28.7.